The maximum absolute atomic E-state index is 6.54. The van der Waals surface area contributed by atoms with Crippen LogP contribution in [0.4, 0.5) is 17.1 Å². The SMILES string of the molecule is c1ccc(-n2c3ccccc3c3cc(N(c4ccc5ccc6c7ccccc7oc6c5c4)c4cccc5oc6ccccc6c45)ccc32)cc1. The molecule has 3 heterocycles. The van der Waals surface area contributed by atoms with E-state index in [2.05, 4.69) is 155 Å². The zero-order chi connectivity index (χ0) is 32.8. The second-order valence-electron chi connectivity index (χ2n) is 12.9. The van der Waals surface area contributed by atoms with Crippen LogP contribution in [0.5, 0.6) is 0 Å². The summed E-state index contributed by atoms with van der Waals surface area (Å²) in [5.41, 5.74) is 10.2. The summed E-state index contributed by atoms with van der Waals surface area (Å²) >= 11 is 0. The van der Waals surface area contributed by atoms with E-state index in [4.69, 9.17) is 8.83 Å². The lowest BCUT2D eigenvalue weighted by Crippen LogP contribution is -2.10. The Morgan fingerprint density at radius 2 is 1.04 bits per heavy atom. The zero-order valence-corrected chi connectivity index (χ0v) is 26.9. The molecule has 0 saturated carbocycles. The van der Waals surface area contributed by atoms with Gasteiger partial charge < -0.3 is 18.3 Å². The molecule has 8 aromatic carbocycles. The fraction of sp³-hybridized carbons (Fsp3) is 0. The van der Waals surface area contributed by atoms with E-state index in [1.807, 2.05) is 24.3 Å². The molecule has 0 aliphatic rings. The van der Waals surface area contributed by atoms with Crippen molar-refractivity contribution in [1.29, 1.82) is 0 Å². The molecule has 0 aliphatic heterocycles. The van der Waals surface area contributed by atoms with Crippen molar-refractivity contribution in [2.75, 3.05) is 4.90 Å². The number of benzene rings is 8. The second-order valence-corrected chi connectivity index (χ2v) is 12.9. The molecule has 0 atom stereocenters. The van der Waals surface area contributed by atoms with Crippen molar-refractivity contribution in [3.8, 4) is 5.69 Å². The van der Waals surface area contributed by atoms with Gasteiger partial charge in [0.05, 0.1) is 22.1 Å². The highest BCUT2D eigenvalue weighted by atomic mass is 16.3. The van der Waals surface area contributed by atoms with Crippen LogP contribution in [0.15, 0.2) is 179 Å². The summed E-state index contributed by atoms with van der Waals surface area (Å²) in [7, 11) is 0. The zero-order valence-electron chi connectivity index (χ0n) is 26.9. The normalized spacial score (nSPS) is 12.0. The van der Waals surface area contributed by atoms with Gasteiger partial charge in [0.1, 0.15) is 22.3 Å². The Balaban J connectivity index is 1.22. The van der Waals surface area contributed by atoms with Crippen molar-refractivity contribution in [2.45, 2.75) is 0 Å². The van der Waals surface area contributed by atoms with Crippen LogP contribution in [-0.4, -0.2) is 4.57 Å². The first-order valence-electron chi connectivity index (χ1n) is 16.9. The Bertz CT molecular complexity index is 3110. The number of anilines is 3. The summed E-state index contributed by atoms with van der Waals surface area (Å²) in [6.45, 7) is 0. The van der Waals surface area contributed by atoms with E-state index in [0.717, 1.165) is 82.9 Å². The average molecular weight is 641 g/mol. The average Bonchev–Trinajstić information content (AvgIpc) is 3.85. The monoisotopic (exact) mass is 640 g/mol. The fourth-order valence-electron chi connectivity index (χ4n) is 7.95. The lowest BCUT2D eigenvalue weighted by Gasteiger charge is -2.27. The van der Waals surface area contributed by atoms with Gasteiger partial charge in [-0.2, -0.15) is 0 Å². The van der Waals surface area contributed by atoms with Gasteiger partial charge in [-0.15, -0.1) is 0 Å². The van der Waals surface area contributed by atoms with E-state index in [0.29, 0.717) is 0 Å². The van der Waals surface area contributed by atoms with Gasteiger partial charge in [-0.05, 0) is 84.2 Å². The first-order chi connectivity index (χ1) is 24.8. The molecular weight excluding hydrogens is 613 g/mol. The lowest BCUT2D eigenvalue weighted by molar-refractivity contribution is 0.669. The highest BCUT2D eigenvalue weighted by molar-refractivity contribution is 6.17. The van der Waals surface area contributed by atoms with Crippen LogP contribution in [0, 0.1) is 0 Å². The molecule has 0 saturated heterocycles. The molecule has 11 aromatic rings. The van der Waals surface area contributed by atoms with Crippen LogP contribution in [0.25, 0.3) is 82.1 Å². The van der Waals surface area contributed by atoms with Crippen molar-refractivity contribution in [3.05, 3.63) is 170 Å². The maximum atomic E-state index is 6.54. The molecule has 0 N–H and O–H groups in total. The quantitative estimate of drug-likeness (QED) is 0.192. The van der Waals surface area contributed by atoms with Gasteiger partial charge in [0.2, 0.25) is 0 Å². The second kappa shape index (κ2) is 10.4. The number of nitrogens with zero attached hydrogens (tertiary/aromatic N) is 2. The number of para-hydroxylation sites is 4. The number of hydrogen-bond acceptors (Lipinski definition) is 3. The van der Waals surface area contributed by atoms with E-state index >= 15 is 0 Å². The molecule has 0 radical (unpaired) electrons. The molecule has 0 unspecified atom stereocenters. The molecule has 11 rings (SSSR count). The standard InChI is InChI=1S/C46H28N2O2/c1-2-11-30(12-3-1)48-39-16-7-4-13-33(39)38-28-32(24-26-40(38)48)47(41-17-10-20-44-45(41)36-15-6-9-19-43(36)49-44)31-23-21-29-22-25-35-34-14-5-8-18-42(34)50-46(35)37(29)27-31/h1-28H. The molecule has 0 bridgehead atoms. The van der Waals surface area contributed by atoms with E-state index in [-0.39, 0.29) is 0 Å². The van der Waals surface area contributed by atoms with Gasteiger partial charge in [0.15, 0.2) is 0 Å². The first kappa shape index (κ1) is 27.2. The Labute approximate surface area is 286 Å². The third-order valence-corrected chi connectivity index (χ3v) is 10.2. The fourth-order valence-corrected chi connectivity index (χ4v) is 7.95. The number of fused-ring (bicyclic) bond motifs is 11. The van der Waals surface area contributed by atoms with Crippen molar-refractivity contribution >= 4 is 93.5 Å². The Morgan fingerprint density at radius 3 is 1.90 bits per heavy atom. The maximum Gasteiger partial charge on any atom is 0.143 e. The lowest BCUT2D eigenvalue weighted by atomic mass is 10.0. The van der Waals surface area contributed by atoms with Crippen LogP contribution in [0.1, 0.15) is 0 Å². The minimum atomic E-state index is 0.857. The largest absolute Gasteiger partial charge is 0.456 e. The number of furan rings is 2. The van der Waals surface area contributed by atoms with Crippen LogP contribution < -0.4 is 4.90 Å². The van der Waals surface area contributed by atoms with Crippen LogP contribution in [-0.2, 0) is 0 Å². The third kappa shape index (κ3) is 3.87. The van der Waals surface area contributed by atoms with E-state index < -0.39 is 0 Å². The van der Waals surface area contributed by atoms with Gasteiger partial charge >= 0.3 is 0 Å². The van der Waals surface area contributed by atoms with E-state index in [1.54, 1.807) is 0 Å². The smallest absolute Gasteiger partial charge is 0.143 e. The topological polar surface area (TPSA) is 34.5 Å². The molecule has 50 heavy (non-hydrogen) atoms. The number of rotatable bonds is 4. The van der Waals surface area contributed by atoms with E-state index in [9.17, 15) is 0 Å². The molecule has 0 fully saturated rings. The molecule has 0 aliphatic carbocycles. The Morgan fingerprint density at radius 1 is 0.400 bits per heavy atom. The van der Waals surface area contributed by atoms with E-state index in [1.165, 1.54) is 16.3 Å². The number of aromatic nitrogens is 1. The van der Waals surface area contributed by atoms with Crippen LogP contribution in [0.2, 0.25) is 0 Å². The van der Waals surface area contributed by atoms with Gasteiger partial charge in [0, 0.05) is 49.4 Å². The molecule has 0 amide bonds. The number of hydrogen-bond donors (Lipinski definition) is 0. The summed E-state index contributed by atoms with van der Waals surface area (Å²) in [5.74, 6) is 0. The van der Waals surface area contributed by atoms with Crippen molar-refractivity contribution < 1.29 is 8.83 Å². The van der Waals surface area contributed by atoms with Crippen LogP contribution in [0.3, 0.4) is 0 Å². The highest BCUT2D eigenvalue weighted by Crippen LogP contribution is 2.46. The summed E-state index contributed by atoms with van der Waals surface area (Å²) in [5, 5.41) is 9.03. The van der Waals surface area contributed by atoms with Crippen molar-refractivity contribution in [2.24, 2.45) is 0 Å². The molecule has 234 valence electrons. The molecule has 4 nitrogen and oxygen atoms in total. The van der Waals surface area contributed by atoms with Gasteiger partial charge in [-0.3, -0.25) is 0 Å². The minimum Gasteiger partial charge on any atom is -0.456 e. The molecular formula is C46H28N2O2. The summed E-state index contributed by atoms with van der Waals surface area (Å²) in [4.78, 5) is 2.37. The van der Waals surface area contributed by atoms with Gasteiger partial charge in [-0.1, -0.05) is 91.0 Å². The third-order valence-electron chi connectivity index (χ3n) is 10.2. The molecule has 0 spiro atoms. The Kier molecular flexibility index (Phi) is 5.63. The van der Waals surface area contributed by atoms with Gasteiger partial charge in [-0.25, -0.2) is 0 Å². The molecule has 4 heteroatoms. The predicted octanol–water partition coefficient (Wildman–Crippen LogP) is 13.2. The predicted molar refractivity (Wildman–Crippen MR) is 208 cm³/mol. The summed E-state index contributed by atoms with van der Waals surface area (Å²) in [6, 6.07) is 60.1. The Hall–Kier alpha value is -6.78. The summed E-state index contributed by atoms with van der Waals surface area (Å²) in [6.07, 6.45) is 0. The van der Waals surface area contributed by atoms with Crippen LogP contribution >= 0.6 is 0 Å². The first-order valence-corrected chi connectivity index (χ1v) is 16.9. The van der Waals surface area contributed by atoms with Crippen molar-refractivity contribution in [1.82, 2.24) is 4.57 Å². The van der Waals surface area contributed by atoms with Crippen molar-refractivity contribution in [3.63, 3.8) is 0 Å². The highest BCUT2D eigenvalue weighted by Gasteiger charge is 2.22. The van der Waals surface area contributed by atoms with Gasteiger partial charge in [0.25, 0.3) is 0 Å². The summed E-state index contributed by atoms with van der Waals surface area (Å²) < 4.78 is 15.3. The molecule has 3 aromatic heterocycles. The minimum absolute atomic E-state index is 0.857.